The van der Waals surface area contributed by atoms with Gasteiger partial charge in [-0.2, -0.15) is 5.26 Å². The maximum Gasteiger partial charge on any atom is 0.346 e. The number of carboxylic acid groups (broad SMARTS) is 1. The van der Waals surface area contributed by atoms with E-state index in [1.54, 1.807) is 17.4 Å². The van der Waals surface area contributed by atoms with E-state index in [0.717, 1.165) is 67.4 Å². The van der Waals surface area contributed by atoms with Crippen LogP contribution in [-0.2, 0) is 17.6 Å². The summed E-state index contributed by atoms with van der Waals surface area (Å²) in [6, 6.07) is 6.58. The van der Waals surface area contributed by atoms with E-state index in [1.165, 1.54) is 68.2 Å². The Morgan fingerprint density at radius 3 is 2.09 bits per heavy atom. The third-order valence-corrected chi connectivity index (χ3v) is 12.6. The summed E-state index contributed by atoms with van der Waals surface area (Å²) in [5.74, 6) is -0.797. The van der Waals surface area contributed by atoms with Crippen molar-refractivity contribution in [3.05, 3.63) is 134 Å². The zero-order valence-electron chi connectivity index (χ0n) is 36.0. The molecule has 2 aromatic rings. The van der Waals surface area contributed by atoms with Gasteiger partial charge in [0, 0.05) is 25.4 Å². The Morgan fingerprint density at radius 2 is 1.50 bits per heavy atom. The largest absolute Gasteiger partial charge is 0.477 e. The first-order chi connectivity index (χ1) is 26.9. The molecule has 0 radical (unpaired) electrons. The van der Waals surface area contributed by atoms with Crippen LogP contribution in [-0.4, -0.2) is 11.1 Å². The van der Waals surface area contributed by atoms with Crippen LogP contribution in [0.4, 0.5) is 0 Å². The van der Waals surface area contributed by atoms with Gasteiger partial charge in [0.2, 0.25) is 0 Å². The number of thiophene rings is 2. The Balaban J connectivity index is 2.63. The average Bonchev–Trinajstić information content (AvgIpc) is 3.80. The number of nitriles is 1. The standard InChI is InChI=1S/C51H69NO2S2/c1-11-16-18-20-24-43-33-49(55-48(43)35-45(36-52)51(53)54)50-44(25-21-19-17-12-2)34-47(56-50)41(10)30-31-42(23-14-4)32-46(39(8)28-26-37(6)15-5)40(9)29-27-38(7)22-13-3/h15,22-23,26-35,40-41H,8,11-14,16-21,24-25H2,1-7,9-10H3,(H,53,54)/b28-26-,29-27-,31-30-,37-15-,38-22-,42-23+,45-35-,46-32-. The predicted octanol–water partition coefficient (Wildman–Crippen LogP) is 16.3. The monoisotopic (exact) mass is 791 g/mol. The van der Waals surface area contributed by atoms with Crippen LogP contribution in [0, 0.1) is 17.2 Å². The number of hydrogen-bond acceptors (Lipinski definition) is 4. The summed E-state index contributed by atoms with van der Waals surface area (Å²) in [6.07, 6.45) is 37.1. The van der Waals surface area contributed by atoms with Gasteiger partial charge in [0.25, 0.3) is 0 Å². The fourth-order valence-electron chi connectivity index (χ4n) is 6.37. The van der Waals surface area contributed by atoms with E-state index in [-0.39, 0.29) is 17.4 Å². The molecular formula is C51H69NO2S2. The van der Waals surface area contributed by atoms with Gasteiger partial charge in [-0.05, 0) is 111 Å². The van der Waals surface area contributed by atoms with Gasteiger partial charge < -0.3 is 5.11 Å². The van der Waals surface area contributed by atoms with Gasteiger partial charge in [-0.3, -0.25) is 0 Å². The van der Waals surface area contributed by atoms with Crippen molar-refractivity contribution in [2.45, 2.75) is 145 Å². The van der Waals surface area contributed by atoms with E-state index in [4.69, 9.17) is 0 Å². The molecule has 302 valence electrons. The molecule has 2 atom stereocenters. The molecule has 0 spiro atoms. The highest BCUT2D eigenvalue weighted by atomic mass is 32.1. The predicted molar refractivity (Wildman–Crippen MR) is 249 cm³/mol. The van der Waals surface area contributed by atoms with Crippen molar-refractivity contribution in [3.63, 3.8) is 0 Å². The number of carboxylic acids is 1. The van der Waals surface area contributed by atoms with E-state index in [2.05, 4.69) is 142 Å². The van der Waals surface area contributed by atoms with E-state index in [9.17, 15) is 15.2 Å². The minimum Gasteiger partial charge on any atom is -0.477 e. The molecule has 0 saturated heterocycles. The van der Waals surface area contributed by atoms with Gasteiger partial charge in [-0.1, -0.05) is 159 Å². The molecule has 5 heteroatoms. The van der Waals surface area contributed by atoms with E-state index in [0.29, 0.717) is 0 Å². The fraction of sp³-hybridized carbons (Fsp3) is 0.451. The summed E-state index contributed by atoms with van der Waals surface area (Å²) in [5, 5.41) is 19.3. The smallest absolute Gasteiger partial charge is 0.346 e. The van der Waals surface area contributed by atoms with Crippen LogP contribution < -0.4 is 0 Å². The molecule has 56 heavy (non-hydrogen) atoms. The lowest BCUT2D eigenvalue weighted by Crippen LogP contribution is -1.99. The maximum atomic E-state index is 11.8. The van der Waals surface area contributed by atoms with Crippen molar-refractivity contribution in [2.75, 3.05) is 0 Å². The van der Waals surface area contributed by atoms with Crippen LogP contribution in [0.1, 0.15) is 153 Å². The summed E-state index contributed by atoms with van der Waals surface area (Å²) in [6.45, 7) is 24.2. The van der Waals surface area contributed by atoms with Crippen LogP contribution in [0.25, 0.3) is 15.8 Å². The molecule has 2 aromatic heterocycles. The Morgan fingerprint density at radius 1 is 0.839 bits per heavy atom. The molecular weight excluding hydrogens is 723 g/mol. The van der Waals surface area contributed by atoms with Crippen molar-refractivity contribution < 1.29 is 9.90 Å². The number of carbonyl (C=O) groups is 1. The third kappa shape index (κ3) is 16.6. The molecule has 0 fully saturated rings. The van der Waals surface area contributed by atoms with Gasteiger partial charge in [0.1, 0.15) is 11.6 Å². The first-order valence-corrected chi connectivity index (χ1v) is 22.6. The van der Waals surface area contributed by atoms with Gasteiger partial charge in [0.15, 0.2) is 0 Å². The quantitative estimate of drug-likeness (QED) is 0.0471. The van der Waals surface area contributed by atoms with Crippen molar-refractivity contribution in [1.82, 2.24) is 0 Å². The Bertz CT molecular complexity index is 1860. The number of hydrogen-bond donors (Lipinski definition) is 1. The zero-order valence-corrected chi connectivity index (χ0v) is 37.6. The lowest BCUT2D eigenvalue weighted by Gasteiger charge is -2.15. The van der Waals surface area contributed by atoms with E-state index < -0.39 is 5.97 Å². The number of aliphatic carboxylic acids is 1. The molecule has 0 aliphatic carbocycles. The second-order valence-corrected chi connectivity index (χ2v) is 17.0. The molecule has 0 aliphatic heterocycles. The maximum absolute atomic E-state index is 11.8. The molecule has 3 nitrogen and oxygen atoms in total. The molecule has 0 saturated carbocycles. The Labute approximate surface area is 349 Å². The van der Waals surface area contributed by atoms with Gasteiger partial charge in [-0.25, -0.2) is 4.79 Å². The normalized spacial score (nSPS) is 14.7. The minimum atomic E-state index is -1.18. The lowest BCUT2D eigenvalue weighted by atomic mass is 9.90. The lowest BCUT2D eigenvalue weighted by molar-refractivity contribution is -0.132. The van der Waals surface area contributed by atoms with Crippen molar-refractivity contribution >= 4 is 34.7 Å². The van der Waals surface area contributed by atoms with Gasteiger partial charge in [0.05, 0.1) is 0 Å². The second kappa shape index (κ2) is 26.8. The van der Waals surface area contributed by atoms with E-state index in [1.807, 2.05) is 17.4 Å². The third-order valence-electron chi connectivity index (χ3n) is 9.95. The van der Waals surface area contributed by atoms with Crippen molar-refractivity contribution in [2.24, 2.45) is 5.92 Å². The van der Waals surface area contributed by atoms with Crippen molar-refractivity contribution in [3.8, 4) is 15.8 Å². The highest BCUT2D eigenvalue weighted by Crippen LogP contribution is 2.43. The molecule has 0 bridgehead atoms. The molecule has 2 unspecified atom stereocenters. The molecule has 0 aromatic carbocycles. The first kappa shape index (κ1) is 48.2. The summed E-state index contributed by atoms with van der Waals surface area (Å²) >= 11 is 3.49. The topological polar surface area (TPSA) is 61.1 Å². The van der Waals surface area contributed by atoms with Gasteiger partial charge in [-0.15, -0.1) is 22.7 Å². The SMILES string of the molecule is C=C(/C=C\C(C)=C/C)/C(=C/C(/C=C\C(C)c1cc(CCCCCC)c(-c2cc(CCCCCC)c(/C=C(/C#N)C(=O)O)s2)s1)=C/CC)C(C)/C=C\C(C)=C/CC. The molecule has 0 aliphatic rings. The second-order valence-electron chi connectivity index (χ2n) is 14.9. The van der Waals surface area contributed by atoms with Crippen LogP contribution in [0.3, 0.4) is 0 Å². The average molecular weight is 792 g/mol. The minimum absolute atomic E-state index is 0.182. The molecule has 2 rings (SSSR count). The van der Waals surface area contributed by atoms with Crippen LogP contribution in [0.2, 0.25) is 0 Å². The van der Waals surface area contributed by atoms with Gasteiger partial charge >= 0.3 is 5.97 Å². The molecule has 2 heterocycles. The first-order valence-electron chi connectivity index (χ1n) is 21.0. The van der Waals surface area contributed by atoms with Crippen LogP contribution in [0.15, 0.2) is 113 Å². The van der Waals surface area contributed by atoms with Crippen LogP contribution >= 0.6 is 22.7 Å². The number of nitrogens with zero attached hydrogens (tertiary/aromatic N) is 1. The van der Waals surface area contributed by atoms with Crippen LogP contribution in [0.5, 0.6) is 0 Å². The summed E-state index contributed by atoms with van der Waals surface area (Å²) in [7, 11) is 0. The fourth-order valence-corrected chi connectivity index (χ4v) is 8.90. The number of allylic oxidation sites excluding steroid dienone is 15. The zero-order chi connectivity index (χ0) is 41.5. The highest BCUT2D eigenvalue weighted by Gasteiger charge is 2.19. The Hall–Kier alpha value is -3.98. The highest BCUT2D eigenvalue weighted by molar-refractivity contribution is 7.22. The number of aryl methyl sites for hydroxylation is 2. The summed E-state index contributed by atoms with van der Waals surface area (Å²) < 4.78 is 0. The molecule has 0 amide bonds. The van der Waals surface area contributed by atoms with E-state index >= 15 is 0 Å². The number of unbranched alkanes of at least 4 members (excludes halogenated alkanes) is 6. The Kier molecular flexibility index (Phi) is 23.0. The summed E-state index contributed by atoms with van der Waals surface area (Å²) in [5.41, 5.74) is 8.17. The summed E-state index contributed by atoms with van der Waals surface area (Å²) in [4.78, 5) is 16.5. The molecule has 1 N–H and O–H groups in total. The van der Waals surface area contributed by atoms with Crippen molar-refractivity contribution in [1.29, 1.82) is 5.26 Å². The number of rotatable bonds is 25.